The number of hydrogen-bond acceptors (Lipinski definition) is 3. The Morgan fingerprint density at radius 2 is 1.43 bits per heavy atom. The van der Waals surface area contributed by atoms with E-state index in [1.807, 2.05) is 30.3 Å². The second-order valence-electron chi connectivity index (χ2n) is 6.32. The third-order valence-electron chi connectivity index (χ3n) is 4.44. The number of benzene rings is 3. The molecule has 0 aliphatic carbocycles. The standard InChI is InChI=1S/C22H22N2O3S/c1-24(28(26,27)21-10-6-3-7-11-21)20-14-12-19(13-15-20)22(25)23-17-16-18-8-4-2-5-9-18/h2-15H,16-17H2,1H3,(H,23,25). The quantitative estimate of drug-likeness (QED) is 0.667. The van der Waals surface area contributed by atoms with E-state index in [9.17, 15) is 13.2 Å². The first-order chi connectivity index (χ1) is 13.5. The minimum atomic E-state index is -3.64. The number of nitrogens with zero attached hydrogens (tertiary/aromatic N) is 1. The van der Waals surface area contributed by atoms with Gasteiger partial charge in [0.15, 0.2) is 0 Å². The third kappa shape index (κ3) is 4.58. The molecule has 0 fully saturated rings. The number of carbonyl (C=O) groups is 1. The fourth-order valence-electron chi connectivity index (χ4n) is 2.78. The summed E-state index contributed by atoms with van der Waals surface area (Å²) in [6.07, 6.45) is 0.753. The number of hydrogen-bond donors (Lipinski definition) is 1. The summed E-state index contributed by atoms with van der Waals surface area (Å²) in [6.45, 7) is 0.535. The number of rotatable bonds is 7. The van der Waals surface area contributed by atoms with Crippen molar-refractivity contribution >= 4 is 21.6 Å². The molecule has 0 heterocycles. The lowest BCUT2D eigenvalue weighted by Gasteiger charge is -2.19. The van der Waals surface area contributed by atoms with E-state index >= 15 is 0 Å². The molecular formula is C22H22N2O3S. The van der Waals surface area contributed by atoms with Crippen molar-refractivity contribution in [2.75, 3.05) is 17.9 Å². The van der Waals surface area contributed by atoms with Crippen molar-refractivity contribution in [2.45, 2.75) is 11.3 Å². The number of anilines is 1. The molecule has 3 aromatic rings. The number of amides is 1. The van der Waals surface area contributed by atoms with Gasteiger partial charge in [0.2, 0.25) is 0 Å². The summed E-state index contributed by atoms with van der Waals surface area (Å²) in [5.41, 5.74) is 2.14. The van der Waals surface area contributed by atoms with Crippen molar-refractivity contribution < 1.29 is 13.2 Å². The average Bonchev–Trinajstić information content (AvgIpc) is 2.74. The molecule has 144 valence electrons. The van der Waals surface area contributed by atoms with Crippen LogP contribution in [0.4, 0.5) is 5.69 Å². The van der Waals surface area contributed by atoms with Crippen molar-refractivity contribution in [3.05, 3.63) is 96.1 Å². The topological polar surface area (TPSA) is 66.5 Å². The molecule has 1 amide bonds. The smallest absolute Gasteiger partial charge is 0.264 e. The monoisotopic (exact) mass is 394 g/mol. The molecule has 0 bridgehead atoms. The summed E-state index contributed by atoms with van der Waals surface area (Å²) in [6, 6.07) is 24.7. The van der Waals surface area contributed by atoms with Gasteiger partial charge in [-0.15, -0.1) is 0 Å². The molecule has 0 spiro atoms. The second kappa shape index (κ2) is 8.71. The normalized spacial score (nSPS) is 11.0. The van der Waals surface area contributed by atoms with Crippen molar-refractivity contribution in [1.29, 1.82) is 0 Å². The van der Waals surface area contributed by atoms with Gasteiger partial charge in [-0.05, 0) is 48.4 Å². The first-order valence-electron chi connectivity index (χ1n) is 8.94. The van der Waals surface area contributed by atoms with Gasteiger partial charge < -0.3 is 5.32 Å². The number of carbonyl (C=O) groups excluding carboxylic acids is 1. The highest BCUT2D eigenvalue weighted by Crippen LogP contribution is 2.22. The van der Waals surface area contributed by atoms with Crippen molar-refractivity contribution in [3.8, 4) is 0 Å². The summed E-state index contributed by atoms with van der Waals surface area (Å²) in [7, 11) is -2.14. The van der Waals surface area contributed by atoms with Crippen LogP contribution in [0.2, 0.25) is 0 Å². The molecule has 0 aromatic heterocycles. The molecule has 5 nitrogen and oxygen atoms in total. The number of sulfonamides is 1. The van der Waals surface area contributed by atoms with Gasteiger partial charge in [-0.2, -0.15) is 0 Å². The molecule has 0 unspecified atom stereocenters. The molecule has 0 aliphatic rings. The predicted octanol–water partition coefficient (Wildman–Crippen LogP) is 3.48. The van der Waals surface area contributed by atoms with E-state index < -0.39 is 10.0 Å². The van der Waals surface area contributed by atoms with Crippen molar-refractivity contribution in [1.82, 2.24) is 5.32 Å². The molecule has 3 aromatic carbocycles. The van der Waals surface area contributed by atoms with Gasteiger partial charge in [0.05, 0.1) is 10.6 Å². The summed E-state index contributed by atoms with van der Waals surface area (Å²) in [4.78, 5) is 12.5. The van der Waals surface area contributed by atoms with E-state index in [4.69, 9.17) is 0 Å². The Morgan fingerprint density at radius 1 is 0.857 bits per heavy atom. The summed E-state index contributed by atoms with van der Waals surface area (Å²) in [5.74, 6) is -0.184. The lowest BCUT2D eigenvalue weighted by molar-refractivity contribution is 0.0954. The zero-order valence-electron chi connectivity index (χ0n) is 15.6. The van der Waals surface area contributed by atoms with Gasteiger partial charge in [-0.1, -0.05) is 48.5 Å². The molecule has 28 heavy (non-hydrogen) atoms. The Hall–Kier alpha value is -3.12. The van der Waals surface area contributed by atoms with E-state index in [1.165, 1.54) is 11.4 Å². The SMILES string of the molecule is CN(c1ccc(C(=O)NCCc2ccccc2)cc1)S(=O)(=O)c1ccccc1. The van der Waals surface area contributed by atoms with E-state index in [2.05, 4.69) is 5.32 Å². The minimum absolute atomic E-state index is 0.184. The largest absolute Gasteiger partial charge is 0.352 e. The Kier molecular flexibility index (Phi) is 6.11. The van der Waals surface area contributed by atoms with Gasteiger partial charge in [0.25, 0.3) is 15.9 Å². The Labute approximate surface area is 165 Å². The highest BCUT2D eigenvalue weighted by atomic mass is 32.2. The lowest BCUT2D eigenvalue weighted by Crippen LogP contribution is -2.27. The maximum atomic E-state index is 12.7. The van der Waals surface area contributed by atoms with E-state index in [0.29, 0.717) is 17.8 Å². The molecule has 0 saturated heterocycles. The molecule has 0 radical (unpaired) electrons. The zero-order valence-corrected chi connectivity index (χ0v) is 16.4. The minimum Gasteiger partial charge on any atom is -0.352 e. The van der Waals surface area contributed by atoms with E-state index in [1.54, 1.807) is 54.6 Å². The second-order valence-corrected chi connectivity index (χ2v) is 8.29. The molecule has 0 saturated carbocycles. The van der Waals surface area contributed by atoms with Crippen LogP contribution in [-0.4, -0.2) is 27.9 Å². The maximum absolute atomic E-state index is 12.7. The third-order valence-corrected chi connectivity index (χ3v) is 6.24. The van der Waals surface area contributed by atoms with Crippen LogP contribution in [-0.2, 0) is 16.4 Å². The van der Waals surface area contributed by atoms with Crippen molar-refractivity contribution in [3.63, 3.8) is 0 Å². The van der Waals surface area contributed by atoms with E-state index in [-0.39, 0.29) is 10.8 Å². The Morgan fingerprint density at radius 3 is 2.04 bits per heavy atom. The predicted molar refractivity (Wildman–Crippen MR) is 111 cm³/mol. The van der Waals surface area contributed by atoms with Gasteiger partial charge in [-0.3, -0.25) is 9.10 Å². The van der Waals surface area contributed by atoms with Crippen LogP contribution in [0.5, 0.6) is 0 Å². The van der Waals surface area contributed by atoms with Crippen LogP contribution in [0.1, 0.15) is 15.9 Å². The molecule has 0 aliphatic heterocycles. The highest BCUT2D eigenvalue weighted by molar-refractivity contribution is 7.92. The molecule has 6 heteroatoms. The summed E-state index contributed by atoms with van der Waals surface area (Å²) < 4.78 is 26.6. The first kappa shape index (κ1) is 19.6. The Bertz CT molecular complexity index is 1020. The van der Waals surface area contributed by atoms with Gasteiger partial charge >= 0.3 is 0 Å². The first-order valence-corrected chi connectivity index (χ1v) is 10.4. The maximum Gasteiger partial charge on any atom is 0.264 e. The van der Waals surface area contributed by atoms with E-state index in [0.717, 1.165) is 12.0 Å². The number of nitrogens with one attached hydrogen (secondary N) is 1. The van der Waals surface area contributed by atoms with Crippen LogP contribution in [0, 0.1) is 0 Å². The van der Waals surface area contributed by atoms with Gasteiger partial charge in [-0.25, -0.2) is 8.42 Å². The van der Waals surface area contributed by atoms with Crippen LogP contribution < -0.4 is 9.62 Å². The average molecular weight is 394 g/mol. The van der Waals surface area contributed by atoms with Gasteiger partial charge in [0, 0.05) is 19.2 Å². The van der Waals surface area contributed by atoms with Crippen LogP contribution in [0.25, 0.3) is 0 Å². The lowest BCUT2D eigenvalue weighted by atomic mass is 10.1. The van der Waals surface area contributed by atoms with Crippen LogP contribution >= 0.6 is 0 Å². The molecule has 0 atom stereocenters. The van der Waals surface area contributed by atoms with Gasteiger partial charge in [0.1, 0.15) is 0 Å². The fraction of sp³-hybridized carbons (Fsp3) is 0.136. The van der Waals surface area contributed by atoms with Crippen LogP contribution in [0.3, 0.4) is 0 Å². The zero-order chi connectivity index (χ0) is 20.0. The fourth-order valence-corrected chi connectivity index (χ4v) is 4.00. The summed E-state index contributed by atoms with van der Waals surface area (Å²) >= 11 is 0. The van der Waals surface area contributed by atoms with Crippen LogP contribution in [0.15, 0.2) is 89.8 Å². The molecular weight excluding hydrogens is 372 g/mol. The molecule has 1 N–H and O–H groups in total. The summed E-state index contributed by atoms with van der Waals surface area (Å²) in [5, 5.41) is 2.88. The molecule has 3 rings (SSSR count). The van der Waals surface area contributed by atoms with Crippen molar-refractivity contribution in [2.24, 2.45) is 0 Å². The Balaban J connectivity index is 1.63. The highest BCUT2D eigenvalue weighted by Gasteiger charge is 2.21.